The van der Waals surface area contributed by atoms with Crippen LogP contribution in [0.3, 0.4) is 0 Å². The number of hydrogen-bond acceptors (Lipinski definition) is 5. The number of amides is 2. The molecule has 0 saturated carbocycles. The Labute approximate surface area is 221 Å². The van der Waals surface area contributed by atoms with E-state index in [0.29, 0.717) is 11.3 Å². The van der Waals surface area contributed by atoms with Crippen molar-refractivity contribution in [3.05, 3.63) is 64.6 Å². The molecule has 0 aliphatic carbocycles. The van der Waals surface area contributed by atoms with Crippen molar-refractivity contribution < 1.29 is 41.0 Å². The Bertz CT molecular complexity index is 1350. The van der Waals surface area contributed by atoms with Crippen LogP contribution in [0.4, 0.5) is 26.7 Å². The van der Waals surface area contributed by atoms with E-state index >= 15 is 0 Å². The topological polar surface area (TPSA) is 108 Å². The van der Waals surface area contributed by atoms with E-state index in [4.69, 9.17) is 15.2 Å². The second-order valence-corrected chi connectivity index (χ2v) is 9.73. The van der Waals surface area contributed by atoms with Gasteiger partial charge in [0.25, 0.3) is 5.91 Å². The van der Waals surface area contributed by atoms with Crippen LogP contribution in [-0.4, -0.2) is 39.7 Å². The highest BCUT2D eigenvalue weighted by Crippen LogP contribution is 2.30. The Hall–Kier alpha value is -3.90. The van der Waals surface area contributed by atoms with Crippen molar-refractivity contribution in [2.75, 3.05) is 6.54 Å². The van der Waals surface area contributed by atoms with Crippen molar-refractivity contribution >= 4 is 17.6 Å². The van der Waals surface area contributed by atoms with Gasteiger partial charge in [-0.2, -0.15) is 13.2 Å². The first-order valence-corrected chi connectivity index (χ1v) is 12.0. The average Bonchev–Trinajstić information content (AvgIpc) is 3.20. The number of ether oxygens (including phenoxy) is 2. The molecule has 1 unspecified atom stereocenters. The van der Waals surface area contributed by atoms with Crippen molar-refractivity contribution in [1.82, 2.24) is 14.7 Å². The zero-order chi connectivity index (χ0) is 29.1. The maximum Gasteiger partial charge on any atom is 0.405 e. The summed E-state index contributed by atoms with van der Waals surface area (Å²) in [5.74, 6) is -2.38. The number of carbonyl (C=O) groups excluding carboxylic acids is 2. The zero-order valence-electron chi connectivity index (χ0n) is 21.8. The van der Waals surface area contributed by atoms with Crippen LogP contribution in [0.25, 0.3) is 5.65 Å². The van der Waals surface area contributed by atoms with Gasteiger partial charge >= 0.3 is 12.3 Å². The summed E-state index contributed by atoms with van der Waals surface area (Å²) in [4.78, 5) is 29.2. The summed E-state index contributed by atoms with van der Waals surface area (Å²) in [5.41, 5.74) is 4.27. The minimum absolute atomic E-state index is 0.0721. The standard InChI is InChI=1S/C26H29F5N4O4/c1-14(2)20-21(23(36)33-13-25(4,39-24(32)37)8-9-26(29,30)31)35-11-15(3)10-19(22(35)34-20)38-12-16-17(27)6-5-7-18(16)28/h5-7,10-11,14H,8-9,12-13H2,1-4H3,(H2,32,37)(H,33,36). The number of primary amides is 1. The first-order valence-electron chi connectivity index (χ1n) is 12.0. The van der Waals surface area contributed by atoms with Crippen molar-refractivity contribution in [2.24, 2.45) is 5.73 Å². The van der Waals surface area contributed by atoms with Gasteiger partial charge in [-0.3, -0.25) is 9.20 Å². The first-order chi connectivity index (χ1) is 18.1. The van der Waals surface area contributed by atoms with Crippen molar-refractivity contribution in [3.63, 3.8) is 0 Å². The van der Waals surface area contributed by atoms with Gasteiger partial charge in [-0.1, -0.05) is 19.9 Å². The fraction of sp³-hybridized carbons (Fsp3) is 0.423. The van der Waals surface area contributed by atoms with E-state index in [0.717, 1.165) is 12.1 Å². The van der Waals surface area contributed by atoms with Gasteiger partial charge in [-0.25, -0.2) is 18.6 Å². The number of pyridine rings is 1. The van der Waals surface area contributed by atoms with Crippen molar-refractivity contribution in [3.8, 4) is 5.75 Å². The third kappa shape index (κ3) is 7.36. The number of halogens is 5. The Morgan fingerprint density at radius 3 is 2.36 bits per heavy atom. The van der Waals surface area contributed by atoms with Crippen molar-refractivity contribution in [2.45, 2.75) is 64.8 Å². The number of carbonyl (C=O) groups is 2. The monoisotopic (exact) mass is 556 g/mol. The molecule has 3 aromatic rings. The molecule has 212 valence electrons. The SMILES string of the molecule is Cc1cc(OCc2c(F)cccc2F)c2nc(C(C)C)c(C(=O)NCC(C)(CCC(F)(F)F)OC(N)=O)n2c1. The lowest BCUT2D eigenvalue weighted by molar-refractivity contribution is -0.145. The number of imidazole rings is 1. The first kappa shape index (κ1) is 29.7. The summed E-state index contributed by atoms with van der Waals surface area (Å²) in [6.07, 6.45) is -6.09. The van der Waals surface area contributed by atoms with Gasteiger partial charge in [-0.15, -0.1) is 0 Å². The van der Waals surface area contributed by atoms with Crippen LogP contribution < -0.4 is 15.8 Å². The number of aromatic nitrogens is 2. The Balaban J connectivity index is 1.95. The number of benzene rings is 1. The van der Waals surface area contributed by atoms with Gasteiger partial charge < -0.3 is 20.5 Å². The Kier molecular flexibility index (Phi) is 8.71. The van der Waals surface area contributed by atoms with Gasteiger partial charge in [0.05, 0.1) is 17.8 Å². The summed E-state index contributed by atoms with van der Waals surface area (Å²) in [6, 6.07) is 5.04. The molecular formula is C26H29F5N4O4. The van der Waals surface area contributed by atoms with Gasteiger partial charge in [0.2, 0.25) is 0 Å². The highest BCUT2D eigenvalue weighted by Gasteiger charge is 2.36. The summed E-state index contributed by atoms with van der Waals surface area (Å²) in [6.45, 7) is 5.61. The summed E-state index contributed by atoms with van der Waals surface area (Å²) < 4.78 is 78.8. The van der Waals surface area contributed by atoms with E-state index in [1.165, 1.54) is 17.4 Å². The lowest BCUT2D eigenvalue weighted by Gasteiger charge is -2.29. The molecule has 1 aromatic carbocycles. The normalized spacial score (nSPS) is 13.4. The van der Waals surface area contributed by atoms with Crippen LogP contribution in [-0.2, 0) is 11.3 Å². The number of fused-ring (bicyclic) bond motifs is 1. The lowest BCUT2D eigenvalue weighted by atomic mass is 9.99. The van der Waals surface area contributed by atoms with E-state index in [1.807, 2.05) is 0 Å². The number of nitrogens with two attached hydrogens (primary N) is 1. The predicted molar refractivity (Wildman–Crippen MR) is 131 cm³/mol. The number of nitrogens with zero attached hydrogens (tertiary/aromatic N) is 2. The fourth-order valence-corrected chi connectivity index (χ4v) is 3.99. The van der Waals surface area contributed by atoms with Gasteiger partial charge in [0.15, 0.2) is 11.4 Å². The molecule has 0 aliphatic rings. The second-order valence-electron chi connectivity index (χ2n) is 9.73. The molecule has 2 heterocycles. The smallest absolute Gasteiger partial charge is 0.405 e. The molecular weight excluding hydrogens is 527 g/mol. The largest absolute Gasteiger partial charge is 0.485 e. The highest BCUT2D eigenvalue weighted by atomic mass is 19.4. The molecule has 0 radical (unpaired) electrons. The fourth-order valence-electron chi connectivity index (χ4n) is 3.99. The number of alkyl halides is 3. The minimum Gasteiger partial charge on any atom is -0.485 e. The van der Waals surface area contributed by atoms with Crippen LogP contribution in [0.5, 0.6) is 5.75 Å². The van der Waals surface area contributed by atoms with Crippen LogP contribution in [0, 0.1) is 18.6 Å². The van der Waals surface area contributed by atoms with Gasteiger partial charge in [0.1, 0.15) is 29.5 Å². The average molecular weight is 557 g/mol. The molecule has 3 N–H and O–H groups in total. The second kappa shape index (κ2) is 11.5. The molecule has 0 bridgehead atoms. The van der Waals surface area contributed by atoms with E-state index in [9.17, 15) is 31.5 Å². The molecule has 2 aromatic heterocycles. The molecule has 0 fully saturated rings. The molecule has 3 rings (SSSR count). The highest BCUT2D eigenvalue weighted by molar-refractivity contribution is 5.95. The zero-order valence-corrected chi connectivity index (χ0v) is 21.8. The third-order valence-corrected chi connectivity index (χ3v) is 5.95. The Morgan fingerprint density at radius 1 is 1.15 bits per heavy atom. The van der Waals surface area contributed by atoms with Gasteiger partial charge in [0, 0.05) is 12.6 Å². The van der Waals surface area contributed by atoms with E-state index in [-0.39, 0.29) is 28.6 Å². The molecule has 2 amide bonds. The predicted octanol–water partition coefficient (Wildman–Crippen LogP) is 5.55. The summed E-state index contributed by atoms with van der Waals surface area (Å²) in [5, 5.41) is 2.53. The number of nitrogens with one attached hydrogen (secondary N) is 1. The van der Waals surface area contributed by atoms with Crippen LogP contribution in [0.1, 0.15) is 66.8 Å². The minimum atomic E-state index is -4.52. The molecule has 0 spiro atoms. The molecule has 13 heteroatoms. The van der Waals surface area contributed by atoms with Gasteiger partial charge in [-0.05, 0) is 49.9 Å². The van der Waals surface area contributed by atoms with E-state index in [1.54, 1.807) is 33.0 Å². The maximum atomic E-state index is 14.1. The maximum absolute atomic E-state index is 14.1. The molecule has 1 atom stereocenters. The van der Waals surface area contributed by atoms with Crippen LogP contribution >= 0.6 is 0 Å². The Morgan fingerprint density at radius 2 is 1.79 bits per heavy atom. The summed E-state index contributed by atoms with van der Waals surface area (Å²) >= 11 is 0. The number of hydrogen-bond donors (Lipinski definition) is 2. The number of rotatable bonds is 10. The van der Waals surface area contributed by atoms with Crippen LogP contribution in [0.2, 0.25) is 0 Å². The third-order valence-electron chi connectivity index (χ3n) is 5.95. The quantitative estimate of drug-likeness (QED) is 0.319. The van der Waals surface area contributed by atoms with E-state index < -0.39 is 61.4 Å². The molecule has 0 aliphatic heterocycles. The molecule has 0 saturated heterocycles. The van der Waals surface area contributed by atoms with Crippen LogP contribution in [0.15, 0.2) is 30.5 Å². The summed E-state index contributed by atoms with van der Waals surface area (Å²) in [7, 11) is 0. The molecule has 39 heavy (non-hydrogen) atoms. The van der Waals surface area contributed by atoms with Crippen molar-refractivity contribution in [1.29, 1.82) is 0 Å². The van der Waals surface area contributed by atoms with E-state index in [2.05, 4.69) is 10.3 Å². The lowest BCUT2D eigenvalue weighted by Crippen LogP contribution is -2.46. The molecule has 8 nitrogen and oxygen atoms in total. The number of aryl methyl sites for hydroxylation is 1.